The summed E-state index contributed by atoms with van der Waals surface area (Å²) in [6.45, 7) is 0. The summed E-state index contributed by atoms with van der Waals surface area (Å²) in [5.74, 6) is -0.175. The molecule has 112 valence electrons. The number of hydrogen-bond acceptors (Lipinski definition) is 3. The number of halogens is 2. The van der Waals surface area contributed by atoms with Crippen LogP contribution < -0.4 is 5.73 Å². The number of hydrogen-bond donors (Lipinski definition) is 1. The largest absolute Gasteiger partial charge is 0.383 e. The van der Waals surface area contributed by atoms with Gasteiger partial charge in [0.25, 0.3) is 0 Å². The zero-order valence-electron chi connectivity index (χ0n) is 11.9. The van der Waals surface area contributed by atoms with Gasteiger partial charge in [-0.3, -0.25) is 0 Å². The lowest BCUT2D eigenvalue weighted by Crippen LogP contribution is -1.99. The molecule has 0 fully saturated rings. The maximum atomic E-state index is 13.1. The second-order valence-corrected chi connectivity index (χ2v) is 5.86. The lowest BCUT2D eigenvalue weighted by atomic mass is 9.98. The van der Waals surface area contributed by atoms with Crippen molar-refractivity contribution in [2.24, 2.45) is 0 Å². The van der Waals surface area contributed by atoms with Crippen molar-refractivity contribution < 1.29 is 4.39 Å². The van der Waals surface area contributed by atoms with E-state index >= 15 is 0 Å². The van der Waals surface area contributed by atoms with Gasteiger partial charge in [0.2, 0.25) is 0 Å². The van der Waals surface area contributed by atoms with Crippen molar-refractivity contribution in [3.8, 4) is 28.5 Å². The van der Waals surface area contributed by atoms with Gasteiger partial charge in [0.05, 0.1) is 5.69 Å². The van der Waals surface area contributed by atoms with E-state index in [4.69, 9.17) is 5.73 Å². The van der Waals surface area contributed by atoms with Crippen LogP contribution in [0.25, 0.3) is 22.4 Å². The summed E-state index contributed by atoms with van der Waals surface area (Å²) in [5.41, 5.74) is 9.12. The SMILES string of the molecule is N#Cc1c(-c2ccc(F)cc2)cc(-c2cccc(Br)c2)nc1N. The van der Waals surface area contributed by atoms with Crippen LogP contribution in [-0.2, 0) is 0 Å². The van der Waals surface area contributed by atoms with Gasteiger partial charge in [-0.1, -0.05) is 40.2 Å². The van der Waals surface area contributed by atoms with Crippen LogP contribution >= 0.6 is 15.9 Å². The Labute approximate surface area is 141 Å². The summed E-state index contributed by atoms with van der Waals surface area (Å²) >= 11 is 3.42. The molecule has 2 aromatic carbocycles. The highest BCUT2D eigenvalue weighted by molar-refractivity contribution is 9.10. The summed E-state index contributed by atoms with van der Waals surface area (Å²) < 4.78 is 14.1. The van der Waals surface area contributed by atoms with Crippen molar-refractivity contribution >= 4 is 21.7 Å². The molecule has 0 saturated carbocycles. The maximum absolute atomic E-state index is 13.1. The molecule has 3 aromatic rings. The normalized spacial score (nSPS) is 10.3. The lowest BCUT2D eigenvalue weighted by Gasteiger charge is -2.10. The number of nitriles is 1. The molecule has 0 bridgehead atoms. The Morgan fingerprint density at radius 1 is 1.04 bits per heavy atom. The molecule has 0 unspecified atom stereocenters. The smallest absolute Gasteiger partial charge is 0.142 e. The molecular weight excluding hydrogens is 357 g/mol. The summed E-state index contributed by atoms with van der Waals surface area (Å²) in [6, 6.07) is 17.5. The number of nitrogens with zero attached hydrogens (tertiary/aromatic N) is 2. The number of rotatable bonds is 2. The average molecular weight is 368 g/mol. The van der Waals surface area contributed by atoms with Crippen molar-refractivity contribution in [3.63, 3.8) is 0 Å². The number of anilines is 1. The molecule has 0 atom stereocenters. The molecule has 0 aliphatic heterocycles. The van der Waals surface area contributed by atoms with Gasteiger partial charge in [0.15, 0.2) is 0 Å². The second-order valence-electron chi connectivity index (χ2n) is 4.94. The van der Waals surface area contributed by atoms with E-state index in [2.05, 4.69) is 27.0 Å². The highest BCUT2D eigenvalue weighted by atomic mass is 79.9. The van der Waals surface area contributed by atoms with Crippen molar-refractivity contribution in [2.75, 3.05) is 5.73 Å². The standard InChI is InChI=1S/C18H11BrFN3/c19-13-3-1-2-12(8-13)17-9-15(16(10-21)18(22)23-17)11-4-6-14(20)7-5-11/h1-9H,(H2,22,23). The first-order chi connectivity index (χ1) is 11.1. The third-order valence-corrected chi connectivity index (χ3v) is 3.93. The van der Waals surface area contributed by atoms with E-state index in [1.165, 1.54) is 12.1 Å². The first kappa shape index (κ1) is 15.2. The third kappa shape index (κ3) is 3.08. The Balaban J connectivity index is 2.22. The average Bonchev–Trinajstić information content (AvgIpc) is 2.55. The van der Waals surface area contributed by atoms with Crippen LogP contribution in [0.1, 0.15) is 5.56 Å². The van der Waals surface area contributed by atoms with Gasteiger partial charge in [-0.25, -0.2) is 9.37 Å². The van der Waals surface area contributed by atoms with E-state index < -0.39 is 0 Å². The Morgan fingerprint density at radius 3 is 2.43 bits per heavy atom. The summed E-state index contributed by atoms with van der Waals surface area (Å²) in [6.07, 6.45) is 0. The van der Waals surface area contributed by atoms with Crippen LogP contribution in [0.4, 0.5) is 10.2 Å². The van der Waals surface area contributed by atoms with Crippen molar-refractivity contribution in [1.29, 1.82) is 5.26 Å². The molecule has 3 nitrogen and oxygen atoms in total. The predicted octanol–water partition coefficient (Wildman–Crippen LogP) is 4.77. The zero-order valence-corrected chi connectivity index (χ0v) is 13.5. The fraction of sp³-hybridized carbons (Fsp3) is 0. The highest BCUT2D eigenvalue weighted by Gasteiger charge is 2.13. The van der Waals surface area contributed by atoms with E-state index in [1.807, 2.05) is 24.3 Å². The van der Waals surface area contributed by atoms with E-state index in [0.29, 0.717) is 16.8 Å². The molecule has 1 heterocycles. The van der Waals surface area contributed by atoms with E-state index in [1.54, 1.807) is 18.2 Å². The molecule has 0 spiro atoms. The van der Waals surface area contributed by atoms with Crippen LogP contribution in [0.2, 0.25) is 0 Å². The Hall–Kier alpha value is -2.71. The summed E-state index contributed by atoms with van der Waals surface area (Å²) in [7, 11) is 0. The van der Waals surface area contributed by atoms with Gasteiger partial charge in [0, 0.05) is 15.6 Å². The first-order valence-electron chi connectivity index (χ1n) is 6.81. The molecule has 1 aromatic heterocycles. The molecular formula is C18H11BrFN3. The first-order valence-corrected chi connectivity index (χ1v) is 7.60. The number of nitrogen functional groups attached to an aromatic ring is 1. The maximum Gasteiger partial charge on any atom is 0.142 e. The second kappa shape index (κ2) is 6.19. The third-order valence-electron chi connectivity index (χ3n) is 3.43. The van der Waals surface area contributed by atoms with Gasteiger partial charge < -0.3 is 5.73 Å². The van der Waals surface area contributed by atoms with Crippen LogP contribution in [0.15, 0.2) is 59.1 Å². The molecule has 0 aliphatic rings. The van der Waals surface area contributed by atoms with Crippen molar-refractivity contribution in [3.05, 3.63) is 70.5 Å². The molecule has 0 radical (unpaired) electrons. The molecule has 5 heteroatoms. The van der Waals surface area contributed by atoms with E-state index in [9.17, 15) is 9.65 Å². The molecule has 0 aliphatic carbocycles. The van der Waals surface area contributed by atoms with Gasteiger partial charge in [-0.2, -0.15) is 5.26 Å². The van der Waals surface area contributed by atoms with E-state index in [0.717, 1.165) is 10.0 Å². The van der Waals surface area contributed by atoms with Crippen molar-refractivity contribution in [1.82, 2.24) is 4.98 Å². The fourth-order valence-electron chi connectivity index (χ4n) is 2.34. The monoisotopic (exact) mass is 367 g/mol. The highest BCUT2D eigenvalue weighted by Crippen LogP contribution is 2.32. The van der Waals surface area contributed by atoms with Gasteiger partial charge in [0.1, 0.15) is 23.3 Å². The minimum atomic E-state index is -0.332. The van der Waals surface area contributed by atoms with Gasteiger partial charge >= 0.3 is 0 Å². The summed E-state index contributed by atoms with van der Waals surface area (Å²) in [5, 5.41) is 9.37. The van der Waals surface area contributed by atoms with Crippen LogP contribution in [0.3, 0.4) is 0 Å². The predicted molar refractivity (Wildman–Crippen MR) is 91.9 cm³/mol. The quantitative estimate of drug-likeness (QED) is 0.709. The number of pyridine rings is 1. The van der Waals surface area contributed by atoms with Gasteiger partial charge in [-0.15, -0.1) is 0 Å². The number of benzene rings is 2. The van der Waals surface area contributed by atoms with Crippen LogP contribution in [0, 0.1) is 17.1 Å². The van der Waals surface area contributed by atoms with Gasteiger partial charge in [-0.05, 0) is 35.9 Å². The number of nitrogens with two attached hydrogens (primary N) is 1. The fourth-order valence-corrected chi connectivity index (χ4v) is 2.73. The zero-order chi connectivity index (χ0) is 16.4. The van der Waals surface area contributed by atoms with Crippen molar-refractivity contribution in [2.45, 2.75) is 0 Å². The number of aromatic nitrogens is 1. The molecule has 2 N–H and O–H groups in total. The topological polar surface area (TPSA) is 62.7 Å². The Morgan fingerprint density at radius 2 is 1.78 bits per heavy atom. The Kier molecular flexibility index (Phi) is 4.09. The molecule has 0 amide bonds. The molecule has 23 heavy (non-hydrogen) atoms. The van der Waals surface area contributed by atoms with Crippen LogP contribution in [0.5, 0.6) is 0 Å². The molecule has 0 saturated heterocycles. The lowest BCUT2D eigenvalue weighted by molar-refractivity contribution is 0.628. The minimum Gasteiger partial charge on any atom is -0.383 e. The van der Waals surface area contributed by atoms with E-state index in [-0.39, 0.29) is 17.2 Å². The Bertz CT molecular complexity index is 915. The summed E-state index contributed by atoms with van der Waals surface area (Å²) in [4.78, 5) is 4.32. The van der Waals surface area contributed by atoms with Crippen LogP contribution in [-0.4, -0.2) is 4.98 Å². The molecule has 3 rings (SSSR count). The minimum absolute atomic E-state index is 0.157.